The van der Waals surface area contributed by atoms with E-state index in [0.29, 0.717) is 25.1 Å². The van der Waals surface area contributed by atoms with Gasteiger partial charge in [-0.05, 0) is 30.0 Å². The smallest absolute Gasteiger partial charge is 0.338 e. The summed E-state index contributed by atoms with van der Waals surface area (Å²) in [5.74, 6) is -1.07. The van der Waals surface area contributed by atoms with Crippen LogP contribution in [0.4, 0.5) is 4.79 Å². The van der Waals surface area contributed by atoms with E-state index in [1.165, 1.54) is 5.56 Å². The third kappa shape index (κ3) is 4.27. The van der Waals surface area contributed by atoms with Crippen molar-refractivity contribution in [2.24, 2.45) is 0 Å². The molecule has 2 aromatic rings. The van der Waals surface area contributed by atoms with Crippen molar-refractivity contribution < 1.29 is 19.1 Å². The highest BCUT2D eigenvalue weighted by molar-refractivity contribution is 5.98. The third-order valence-electron chi connectivity index (χ3n) is 4.25. The topological polar surface area (TPSA) is 75.7 Å². The molecular weight excluding hydrogens is 332 g/mol. The minimum atomic E-state index is -0.554. The molecule has 6 heteroatoms. The minimum absolute atomic E-state index is 0.295. The molecule has 3 rings (SSSR count). The van der Waals surface area contributed by atoms with Gasteiger partial charge in [-0.15, -0.1) is 0 Å². The zero-order chi connectivity index (χ0) is 18.4. The largest absolute Gasteiger partial charge is 0.452 e. The molecule has 1 aliphatic heterocycles. The Morgan fingerprint density at radius 2 is 1.73 bits per heavy atom. The van der Waals surface area contributed by atoms with Crippen LogP contribution in [0, 0.1) is 0 Å². The van der Waals surface area contributed by atoms with E-state index in [1.807, 2.05) is 42.5 Å². The lowest BCUT2D eigenvalue weighted by atomic mass is 10.00. The second kappa shape index (κ2) is 8.29. The van der Waals surface area contributed by atoms with Gasteiger partial charge in [-0.25, -0.2) is 9.59 Å². The van der Waals surface area contributed by atoms with Crippen molar-refractivity contribution in [2.75, 3.05) is 19.7 Å². The van der Waals surface area contributed by atoms with Gasteiger partial charge < -0.3 is 10.1 Å². The molecule has 1 aliphatic rings. The average Bonchev–Trinajstić information content (AvgIpc) is 3.11. The van der Waals surface area contributed by atoms with Crippen molar-refractivity contribution in [2.45, 2.75) is 12.8 Å². The number of hydrogen-bond donors (Lipinski definition) is 1. The maximum absolute atomic E-state index is 12.4. The number of rotatable bonds is 6. The number of carbonyl (C=O) groups is 3. The fraction of sp³-hybridized carbons (Fsp3) is 0.250. The molecule has 2 aromatic carbocycles. The summed E-state index contributed by atoms with van der Waals surface area (Å²) in [5, 5.41) is 2.54. The molecule has 0 atom stereocenters. The lowest BCUT2D eigenvalue weighted by molar-refractivity contribution is -0.130. The van der Waals surface area contributed by atoms with Gasteiger partial charge in [0.25, 0.3) is 5.91 Å². The monoisotopic (exact) mass is 352 g/mol. The highest BCUT2D eigenvalue weighted by atomic mass is 16.5. The SMILES string of the molecule is O=C(OCC(=O)N1CCNC1=O)c1ccccc1CCc1ccccc1. The molecule has 0 aromatic heterocycles. The maximum Gasteiger partial charge on any atom is 0.338 e. The number of amides is 3. The van der Waals surface area contributed by atoms with Crippen LogP contribution < -0.4 is 5.32 Å². The van der Waals surface area contributed by atoms with Crippen molar-refractivity contribution in [1.82, 2.24) is 10.2 Å². The van der Waals surface area contributed by atoms with Crippen LogP contribution in [0.3, 0.4) is 0 Å². The molecule has 0 saturated carbocycles. The number of carbonyl (C=O) groups excluding carboxylic acids is 3. The van der Waals surface area contributed by atoms with Crippen LogP contribution in [0.15, 0.2) is 54.6 Å². The van der Waals surface area contributed by atoms with Crippen molar-refractivity contribution in [3.8, 4) is 0 Å². The number of hydrogen-bond acceptors (Lipinski definition) is 4. The lowest BCUT2D eigenvalue weighted by Gasteiger charge is -2.13. The average molecular weight is 352 g/mol. The summed E-state index contributed by atoms with van der Waals surface area (Å²) in [5.41, 5.74) is 2.50. The molecule has 6 nitrogen and oxygen atoms in total. The van der Waals surface area contributed by atoms with Crippen molar-refractivity contribution >= 4 is 17.9 Å². The predicted octanol–water partition coefficient (Wildman–Crippen LogP) is 2.18. The molecule has 0 bridgehead atoms. The fourth-order valence-electron chi connectivity index (χ4n) is 2.85. The Hall–Kier alpha value is -3.15. The Kier molecular flexibility index (Phi) is 5.63. The minimum Gasteiger partial charge on any atom is -0.452 e. The summed E-state index contributed by atoms with van der Waals surface area (Å²) in [7, 11) is 0. The van der Waals surface area contributed by atoms with Gasteiger partial charge in [-0.3, -0.25) is 9.69 Å². The number of aryl methyl sites for hydroxylation is 2. The van der Waals surface area contributed by atoms with Gasteiger partial charge in [0.1, 0.15) is 0 Å². The first kappa shape index (κ1) is 17.7. The lowest BCUT2D eigenvalue weighted by Crippen LogP contribution is -2.37. The molecule has 1 heterocycles. The molecule has 0 spiro atoms. The highest BCUT2D eigenvalue weighted by Crippen LogP contribution is 2.14. The Morgan fingerprint density at radius 3 is 2.46 bits per heavy atom. The van der Waals surface area contributed by atoms with Crippen molar-refractivity contribution in [1.29, 1.82) is 0 Å². The molecule has 3 amide bonds. The van der Waals surface area contributed by atoms with Gasteiger partial charge in [0.05, 0.1) is 5.56 Å². The van der Waals surface area contributed by atoms with E-state index >= 15 is 0 Å². The van der Waals surface area contributed by atoms with Gasteiger partial charge in [-0.2, -0.15) is 0 Å². The molecule has 134 valence electrons. The highest BCUT2D eigenvalue weighted by Gasteiger charge is 2.27. The van der Waals surface area contributed by atoms with Crippen molar-refractivity contribution in [3.63, 3.8) is 0 Å². The first-order valence-corrected chi connectivity index (χ1v) is 8.52. The normalized spacial score (nSPS) is 13.4. The van der Waals surface area contributed by atoms with Gasteiger partial charge >= 0.3 is 12.0 Å². The van der Waals surface area contributed by atoms with E-state index in [1.54, 1.807) is 12.1 Å². The van der Waals surface area contributed by atoms with E-state index in [2.05, 4.69) is 5.32 Å². The van der Waals surface area contributed by atoms with E-state index in [9.17, 15) is 14.4 Å². The summed E-state index contributed by atoms with van der Waals surface area (Å²) < 4.78 is 5.13. The number of esters is 1. The molecule has 1 N–H and O–H groups in total. The maximum atomic E-state index is 12.4. The number of ether oxygens (including phenoxy) is 1. The predicted molar refractivity (Wildman–Crippen MR) is 95.7 cm³/mol. The first-order valence-electron chi connectivity index (χ1n) is 8.52. The number of nitrogens with zero attached hydrogens (tertiary/aromatic N) is 1. The van der Waals surface area contributed by atoms with E-state index in [-0.39, 0.29) is 0 Å². The molecule has 1 saturated heterocycles. The number of benzene rings is 2. The Morgan fingerprint density at radius 1 is 1.00 bits per heavy atom. The second-order valence-corrected chi connectivity index (χ2v) is 6.00. The standard InChI is InChI=1S/C20H20N2O4/c23-18(22-13-12-21-20(22)25)14-26-19(24)17-9-5-4-8-16(17)11-10-15-6-2-1-3-7-15/h1-9H,10-14H2,(H,21,25). The van der Waals surface area contributed by atoms with Crippen LogP contribution in [-0.2, 0) is 22.4 Å². The van der Waals surface area contributed by atoms with Crippen LogP contribution in [0.1, 0.15) is 21.5 Å². The molecule has 0 aliphatic carbocycles. The van der Waals surface area contributed by atoms with E-state index < -0.39 is 24.5 Å². The fourth-order valence-corrected chi connectivity index (χ4v) is 2.85. The summed E-state index contributed by atoms with van der Waals surface area (Å²) in [6.07, 6.45) is 1.50. The zero-order valence-electron chi connectivity index (χ0n) is 14.3. The molecular formula is C20H20N2O4. The Balaban J connectivity index is 1.60. The van der Waals surface area contributed by atoms with Gasteiger partial charge in [-0.1, -0.05) is 48.5 Å². The van der Waals surface area contributed by atoms with Crippen molar-refractivity contribution in [3.05, 3.63) is 71.3 Å². The first-order chi connectivity index (χ1) is 12.6. The van der Waals surface area contributed by atoms with Crippen LogP contribution in [0.25, 0.3) is 0 Å². The van der Waals surface area contributed by atoms with Crippen LogP contribution in [0.5, 0.6) is 0 Å². The molecule has 0 unspecified atom stereocenters. The summed E-state index contributed by atoms with van der Waals surface area (Å²) >= 11 is 0. The number of urea groups is 1. The van der Waals surface area contributed by atoms with Gasteiger partial charge in [0.15, 0.2) is 6.61 Å². The van der Waals surface area contributed by atoms with Gasteiger partial charge in [0.2, 0.25) is 0 Å². The summed E-state index contributed by atoms with van der Waals surface area (Å²) in [4.78, 5) is 36.9. The number of nitrogens with one attached hydrogen (secondary N) is 1. The second-order valence-electron chi connectivity index (χ2n) is 6.00. The van der Waals surface area contributed by atoms with E-state index in [0.717, 1.165) is 16.9 Å². The molecule has 26 heavy (non-hydrogen) atoms. The van der Waals surface area contributed by atoms with Crippen LogP contribution in [0.2, 0.25) is 0 Å². The summed E-state index contributed by atoms with van der Waals surface area (Å²) in [6.45, 7) is 0.267. The van der Waals surface area contributed by atoms with Gasteiger partial charge in [0, 0.05) is 13.1 Å². The summed E-state index contributed by atoms with van der Waals surface area (Å²) in [6, 6.07) is 16.8. The van der Waals surface area contributed by atoms with Crippen LogP contribution >= 0.6 is 0 Å². The van der Waals surface area contributed by atoms with E-state index in [4.69, 9.17) is 4.74 Å². The molecule has 0 radical (unpaired) electrons. The number of imide groups is 1. The third-order valence-corrected chi connectivity index (χ3v) is 4.25. The Labute approximate surface area is 151 Å². The molecule has 1 fully saturated rings. The van der Waals surface area contributed by atoms with Crippen LogP contribution in [-0.4, -0.2) is 42.5 Å². The zero-order valence-corrected chi connectivity index (χ0v) is 14.3. The quantitative estimate of drug-likeness (QED) is 0.809. The Bertz CT molecular complexity index is 804.